The molecule has 0 aromatic heterocycles. The SMILES string of the molecule is COc1cc(/C=C2\CNC/C(=C\c3ccc(OC)c(OC)c3)C2=O)ccc1CO. The van der Waals surface area contributed by atoms with Gasteiger partial charge in [0.15, 0.2) is 17.3 Å². The van der Waals surface area contributed by atoms with E-state index in [0.29, 0.717) is 47.0 Å². The third kappa shape index (κ3) is 4.67. The summed E-state index contributed by atoms with van der Waals surface area (Å²) >= 11 is 0. The molecule has 2 aromatic carbocycles. The number of benzene rings is 2. The summed E-state index contributed by atoms with van der Waals surface area (Å²) in [5, 5.41) is 12.6. The number of carbonyl (C=O) groups is 1. The second-order valence-electron chi connectivity index (χ2n) is 6.62. The third-order valence-corrected chi connectivity index (χ3v) is 4.79. The molecule has 3 rings (SSSR count). The molecule has 1 heterocycles. The molecule has 0 aliphatic carbocycles. The van der Waals surface area contributed by atoms with E-state index in [0.717, 1.165) is 11.1 Å². The second kappa shape index (κ2) is 9.41. The van der Waals surface area contributed by atoms with Crippen LogP contribution in [-0.4, -0.2) is 45.3 Å². The lowest BCUT2D eigenvalue weighted by Gasteiger charge is -2.18. The second-order valence-corrected chi connectivity index (χ2v) is 6.62. The average molecular weight is 395 g/mol. The first kappa shape index (κ1) is 20.6. The van der Waals surface area contributed by atoms with Gasteiger partial charge in [-0.3, -0.25) is 4.79 Å². The molecule has 0 bridgehead atoms. The largest absolute Gasteiger partial charge is 0.496 e. The summed E-state index contributed by atoms with van der Waals surface area (Å²) in [6.45, 7) is 0.891. The van der Waals surface area contributed by atoms with E-state index in [1.165, 1.54) is 0 Å². The molecule has 2 N–H and O–H groups in total. The highest BCUT2D eigenvalue weighted by Gasteiger charge is 2.20. The van der Waals surface area contributed by atoms with E-state index in [-0.39, 0.29) is 12.4 Å². The van der Waals surface area contributed by atoms with Crippen LogP contribution in [-0.2, 0) is 11.4 Å². The summed E-state index contributed by atoms with van der Waals surface area (Å²) in [5.74, 6) is 1.86. The van der Waals surface area contributed by atoms with Crippen molar-refractivity contribution in [3.63, 3.8) is 0 Å². The van der Waals surface area contributed by atoms with Crippen LogP contribution in [0.1, 0.15) is 16.7 Å². The van der Waals surface area contributed by atoms with Crippen LogP contribution in [0.5, 0.6) is 17.2 Å². The van der Waals surface area contributed by atoms with Gasteiger partial charge in [0.05, 0.1) is 27.9 Å². The number of aliphatic hydroxyl groups excluding tert-OH is 1. The fourth-order valence-electron chi connectivity index (χ4n) is 3.26. The first-order valence-electron chi connectivity index (χ1n) is 9.26. The van der Waals surface area contributed by atoms with Crippen LogP contribution in [0.25, 0.3) is 12.2 Å². The molecule has 1 fully saturated rings. The number of ketones is 1. The summed E-state index contributed by atoms with van der Waals surface area (Å²) in [6, 6.07) is 11.0. The standard InChI is InChI=1S/C23H25NO5/c1-27-20-7-5-16(11-22(20)29-3)9-19-13-24-12-18(23(19)26)8-15-4-6-17(14-25)21(10-15)28-2/h4-11,24-25H,12-14H2,1-3H3/b18-8+,19-9+. The van der Waals surface area contributed by atoms with Crippen molar-refractivity contribution in [3.8, 4) is 17.2 Å². The van der Waals surface area contributed by atoms with Gasteiger partial charge in [0.25, 0.3) is 0 Å². The fraction of sp³-hybridized carbons (Fsp3) is 0.261. The van der Waals surface area contributed by atoms with Crippen LogP contribution in [0.4, 0.5) is 0 Å². The van der Waals surface area contributed by atoms with E-state index in [4.69, 9.17) is 14.2 Å². The van der Waals surface area contributed by atoms with Gasteiger partial charge >= 0.3 is 0 Å². The number of hydrogen-bond donors (Lipinski definition) is 2. The van der Waals surface area contributed by atoms with Crippen LogP contribution in [0, 0.1) is 0 Å². The highest BCUT2D eigenvalue weighted by atomic mass is 16.5. The number of aliphatic hydroxyl groups is 1. The minimum Gasteiger partial charge on any atom is -0.496 e. The first-order chi connectivity index (χ1) is 14.1. The van der Waals surface area contributed by atoms with E-state index in [9.17, 15) is 9.90 Å². The summed E-state index contributed by atoms with van der Waals surface area (Å²) in [4.78, 5) is 13.0. The first-order valence-corrected chi connectivity index (χ1v) is 9.26. The molecular formula is C23H25NO5. The maximum atomic E-state index is 13.0. The van der Waals surface area contributed by atoms with Crippen LogP contribution >= 0.6 is 0 Å². The zero-order chi connectivity index (χ0) is 20.8. The molecule has 29 heavy (non-hydrogen) atoms. The number of rotatable bonds is 6. The molecule has 0 atom stereocenters. The minimum atomic E-state index is -0.0985. The van der Waals surface area contributed by atoms with Crippen LogP contribution in [0.3, 0.4) is 0 Å². The van der Waals surface area contributed by atoms with Crippen molar-refractivity contribution in [2.45, 2.75) is 6.61 Å². The molecule has 152 valence electrons. The van der Waals surface area contributed by atoms with Crippen molar-refractivity contribution in [2.24, 2.45) is 0 Å². The molecule has 1 aliphatic heterocycles. The monoisotopic (exact) mass is 395 g/mol. The zero-order valence-electron chi connectivity index (χ0n) is 16.8. The van der Waals surface area contributed by atoms with Crippen molar-refractivity contribution in [1.82, 2.24) is 5.32 Å². The Bertz CT molecular complexity index is 886. The lowest BCUT2D eigenvalue weighted by molar-refractivity contribution is -0.112. The molecule has 1 aliphatic rings. The predicted molar refractivity (Wildman–Crippen MR) is 112 cm³/mol. The fourth-order valence-corrected chi connectivity index (χ4v) is 3.26. The molecule has 2 aromatic rings. The number of nitrogens with one attached hydrogen (secondary N) is 1. The van der Waals surface area contributed by atoms with Gasteiger partial charge in [-0.25, -0.2) is 0 Å². The average Bonchev–Trinajstić information content (AvgIpc) is 2.76. The van der Waals surface area contributed by atoms with E-state index in [1.54, 1.807) is 27.4 Å². The zero-order valence-corrected chi connectivity index (χ0v) is 16.8. The topological polar surface area (TPSA) is 77.0 Å². The van der Waals surface area contributed by atoms with Gasteiger partial charge in [-0.2, -0.15) is 0 Å². The molecule has 0 amide bonds. The number of piperidine rings is 1. The number of hydrogen-bond acceptors (Lipinski definition) is 6. The van der Waals surface area contributed by atoms with Gasteiger partial charge in [0.1, 0.15) is 5.75 Å². The van der Waals surface area contributed by atoms with Crippen molar-refractivity contribution in [1.29, 1.82) is 0 Å². The highest BCUT2D eigenvalue weighted by molar-refractivity contribution is 6.14. The van der Waals surface area contributed by atoms with Gasteiger partial charge < -0.3 is 24.6 Å². The summed E-state index contributed by atoms with van der Waals surface area (Å²) in [5.41, 5.74) is 3.76. The molecule has 0 radical (unpaired) electrons. The number of methoxy groups -OCH3 is 3. The maximum Gasteiger partial charge on any atom is 0.187 e. The van der Waals surface area contributed by atoms with E-state index < -0.39 is 0 Å². The number of Topliss-reactive ketones (excluding diaryl/α,β-unsaturated/α-hetero) is 1. The van der Waals surface area contributed by atoms with Gasteiger partial charge in [-0.1, -0.05) is 18.2 Å². The van der Waals surface area contributed by atoms with E-state index >= 15 is 0 Å². The molecule has 1 saturated heterocycles. The maximum absolute atomic E-state index is 13.0. The Labute approximate surface area is 170 Å². The van der Waals surface area contributed by atoms with Crippen LogP contribution in [0.15, 0.2) is 47.5 Å². The Morgan fingerprint density at radius 3 is 1.97 bits per heavy atom. The summed E-state index contributed by atoms with van der Waals surface area (Å²) < 4.78 is 15.9. The van der Waals surface area contributed by atoms with Crippen molar-refractivity contribution < 1.29 is 24.1 Å². The van der Waals surface area contributed by atoms with Crippen LogP contribution < -0.4 is 19.5 Å². The molecule has 0 spiro atoms. The predicted octanol–water partition coefficient (Wildman–Crippen LogP) is 2.84. The normalized spacial score (nSPS) is 16.9. The Morgan fingerprint density at radius 2 is 1.41 bits per heavy atom. The lowest BCUT2D eigenvalue weighted by Crippen LogP contribution is -2.32. The van der Waals surface area contributed by atoms with Crippen molar-refractivity contribution in [3.05, 3.63) is 64.2 Å². The summed E-state index contributed by atoms with van der Waals surface area (Å²) in [6.07, 6.45) is 3.71. The number of carbonyl (C=O) groups excluding carboxylic acids is 1. The van der Waals surface area contributed by atoms with E-state index in [1.807, 2.05) is 42.5 Å². The molecule has 0 saturated carbocycles. The quantitative estimate of drug-likeness (QED) is 0.733. The van der Waals surface area contributed by atoms with Gasteiger partial charge in [-0.05, 0) is 41.5 Å². The van der Waals surface area contributed by atoms with Crippen molar-refractivity contribution >= 4 is 17.9 Å². The molecule has 6 heteroatoms. The summed E-state index contributed by atoms with van der Waals surface area (Å²) in [7, 11) is 4.73. The molecular weight excluding hydrogens is 370 g/mol. The van der Waals surface area contributed by atoms with Crippen LogP contribution in [0.2, 0.25) is 0 Å². The Balaban J connectivity index is 1.89. The van der Waals surface area contributed by atoms with Crippen molar-refractivity contribution in [2.75, 3.05) is 34.4 Å². The van der Waals surface area contributed by atoms with E-state index in [2.05, 4.69) is 5.32 Å². The molecule has 6 nitrogen and oxygen atoms in total. The smallest absolute Gasteiger partial charge is 0.187 e. The van der Waals surface area contributed by atoms with Gasteiger partial charge in [-0.15, -0.1) is 0 Å². The minimum absolute atomic E-state index is 0.00346. The molecule has 0 unspecified atom stereocenters. The van der Waals surface area contributed by atoms with Gasteiger partial charge in [0.2, 0.25) is 0 Å². The van der Waals surface area contributed by atoms with Gasteiger partial charge in [0, 0.05) is 29.8 Å². The Morgan fingerprint density at radius 1 is 0.862 bits per heavy atom. The Kier molecular flexibility index (Phi) is 6.69. The lowest BCUT2D eigenvalue weighted by atomic mass is 9.95. The highest BCUT2D eigenvalue weighted by Crippen LogP contribution is 2.29. The Hall–Kier alpha value is -3.09. The number of ether oxygens (including phenoxy) is 3. The third-order valence-electron chi connectivity index (χ3n) is 4.79.